The molecule has 0 atom stereocenters. The number of benzene rings is 1. The lowest BCUT2D eigenvalue weighted by Crippen LogP contribution is -2.47. The zero-order valence-corrected chi connectivity index (χ0v) is 11.6. The highest BCUT2D eigenvalue weighted by Gasteiger charge is 2.29. The van der Waals surface area contributed by atoms with Gasteiger partial charge in [-0.05, 0) is 21.9 Å². The summed E-state index contributed by atoms with van der Waals surface area (Å²) in [5.74, 6) is 0.335. The molecule has 0 unspecified atom stereocenters. The van der Waals surface area contributed by atoms with Crippen LogP contribution in [0.1, 0.15) is 17.8 Å². The number of nitrogens with zero attached hydrogens (tertiary/aromatic N) is 5. The molecule has 1 aromatic heterocycles. The van der Waals surface area contributed by atoms with E-state index in [2.05, 4.69) is 20.4 Å². The Hall–Kier alpha value is -2.28. The van der Waals surface area contributed by atoms with E-state index in [1.165, 1.54) is 0 Å². The molecule has 1 aromatic carbocycles. The van der Waals surface area contributed by atoms with E-state index in [1.807, 2.05) is 30.3 Å². The third-order valence-electron chi connectivity index (χ3n) is 3.64. The number of hydrogen-bond acceptors (Lipinski definition) is 5. The van der Waals surface area contributed by atoms with E-state index < -0.39 is 5.97 Å². The third kappa shape index (κ3) is 3.43. The zero-order chi connectivity index (χ0) is 14.7. The highest BCUT2D eigenvalue weighted by atomic mass is 16.4. The summed E-state index contributed by atoms with van der Waals surface area (Å²) >= 11 is 0. The van der Waals surface area contributed by atoms with Gasteiger partial charge in [0.25, 0.3) is 0 Å². The maximum Gasteiger partial charge on any atom is 0.303 e. The smallest absolute Gasteiger partial charge is 0.303 e. The minimum atomic E-state index is -0.728. The van der Waals surface area contributed by atoms with Gasteiger partial charge >= 0.3 is 5.97 Å². The van der Waals surface area contributed by atoms with Crippen LogP contribution in [0.25, 0.3) is 0 Å². The van der Waals surface area contributed by atoms with Gasteiger partial charge in [-0.15, -0.1) is 5.10 Å². The minimum absolute atomic E-state index is 0.242. The van der Waals surface area contributed by atoms with Gasteiger partial charge in [0.1, 0.15) is 0 Å². The number of tetrazole rings is 1. The van der Waals surface area contributed by atoms with Crippen molar-refractivity contribution in [2.75, 3.05) is 13.1 Å². The summed E-state index contributed by atoms with van der Waals surface area (Å²) in [7, 11) is 0. The number of likely N-dealkylation sites (tertiary alicyclic amines) is 1. The molecular weight excluding hydrogens is 270 g/mol. The van der Waals surface area contributed by atoms with Crippen molar-refractivity contribution in [3.05, 3.63) is 41.7 Å². The molecule has 7 heteroatoms. The predicted octanol–water partition coefficient (Wildman–Crippen LogP) is 0.628. The monoisotopic (exact) mass is 287 g/mol. The fourth-order valence-corrected chi connectivity index (χ4v) is 2.60. The summed E-state index contributed by atoms with van der Waals surface area (Å²) in [5, 5.41) is 20.6. The fourth-order valence-electron chi connectivity index (χ4n) is 2.60. The Morgan fingerprint density at radius 2 is 2.00 bits per heavy atom. The van der Waals surface area contributed by atoms with Gasteiger partial charge in [-0.2, -0.15) is 0 Å². The lowest BCUT2D eigenvalue weighted by Gasteiger charge is -2.37. The van der Waals surface area contributed by atoms with Crippen molar-refractivity contribution in [3.63, 3.8) is 0 Å². The van der Waals surface area contributed by atoms with E-state index in [0.717, 1.165) is 24.5 Å². The molecule has 0 aliphatic carbocycles. The van der Waals surface area contributed by atoms with Crippen LogP contribution in [0.5, 0.6) is 0 Å². The Bertz CT molecular complexity index is 607. The summed E-state index contributed by atoms with van der Waals surface area (Å²) in [4.78, 5) is 12.8. The van der Waals surface area contributed by atoms with Crippen LogP contribution in [-0.2, 0) is 17.9 Å². The SMILES string of the molecule is O=C(O)CC1CN(Cc2nnnn2Cc2ccccc2)C1. The van der Waals surface area contributed by atoms with E-state index >= 15 is 0 Å². The summed E-state index contributed by atoms with van der Waals surface area (Å²) in [6, 6.07) is 10.0. The van der Waals surface area contributed by atoms with Gasteiger partial charge < -0.3 is 5.11 Å². The van der Waals surface area contributed by atoms with Crippen LogP contribution in [0, 0.1) is 5.92 Å². The van der Waals surface area contributed by atoms with Crippen LogP contribution in [0.15, 0.2) is 30.3 Å². The Kier molecular flexibility index (Phi) is 3.92. The number of aromatic nitrogens is 4. The predicted molar refractivity (Wildman–Crippen MR) is 74.4 cm³/mol. The summed E-state index contributed by atoms with van der Waals surface area (Å²) < 4.78 is 1.79. The first-order valence-corrected chi connectivity index (χ1v) is 6.94. The molecule has 2 heterocycles. The first-order valence-electron chi connectivity index (χ1n) is 6.94. The molecule has 0 saturated carbocycles. The van der Waals surface area contributed by atoms with E-state index in [9.17, 15) is 4.79 Å². The molecule has 1 N–H and O–H groups in total. The van der Waals surface area contributed by atoms with E-state index in [4.69, 9.17) is 5.11 Å². The van der Waals surface area contributed by atoms with Gasteiger partial charge in [-0.25, -0.2) is 4.68 Å². The van der Waals surface area contributed by atoms with E-state index in [-0.39, 0.29) is 12.3 Å². The lowest BCUT2D eigenvalue weighted by atomic mass is 9.96. The molecule has 0 bridgehead atoms. The summed E-state index contributed by atoms with van der Waals surface area (Å²) in [5.41, 5.74) is 1.15. The number of carboxylic acid groups (broad SMARTS) is 1. The Balaban J connectivity index is 1.56. The van der Waals surface area contributed by atoms with Crippen molar-refractivity contribution in [1.82, 2.24) is 25.1 Å². The molecule has 1 fully saturated rings. The number of rotatable bonds is 6. The first-order chi connectivity index (χ1) is 10.2. The average Bonchev–Trinajstić information content (AvgIpc) is 2.84. The van der Waals surface area contributed by atoms with E-state index in [1.54, 1.807) is 4.68 Å². The largest absolute Gasteiger partial charge is 0.481 e. The third-order valence-corrected chi connectivity index (χ3v) is 3.64. The number of hydrogen-bond donors (Lipinski definition) is 1. The molecular formula is C14H17N5O2. The topological polar surface area (TPSA) is 84.1 Å². The van der Waals surface area contributed by atoms with Crippen molar-refractivity contribution in [1.29, 1.82) is 0 Å². The van der Waals surface area contributed by atoms with Crippen LogP contribution in [0.2, 0.25) is 0 Å². The normalized spacial score (nSPS) is 15.8. The van der Waals surface area contributed by atoms with Gasteiger partial charge in [-0.1, -0.05) is 30.3 Å². The molecule has 2 aromatic rings. The highest BCUT2D eigenvalue weighted by Crippen LogP contribution is 2.20. The number of carboxylic acids is 1. The van der Waals surface area contributed by atoms with Crippen LogP contribution in [-0.4, -0.2) is 49.3 Å². The lowest BCUT2D eigenvalue weighted by molar-refractivity contribution is -0.139. The molecule has 21 heavy (non-hydrogen) atoms. The number of carbonyl (C=O) groups is 1. The second-order valence-corrected chi connectivity index (χ2v) is 5.40. The minimum Gasteiger partial charge on any atom is -0.481 e. The van der Waals surface area contributed by atoms with Gasteiger partial charge in [0.15, 0.2) is 5.82 Å². The van der Waals surface area contributed by atoms with Gasteiger partial charge in [0.2, 0.25) is 0 Å². The zero-order valence-electron chi connectivity index (χ0n) is 11.6. The molecule has 0 spiro atoms. The second-order valence-electron chi connectivity index (χ2n) is 5.40. The molecule has 1 aliphatic rings. The summed E-state index contributed by atoms with van der Waals surface area (Å²) in [6.07, 6.45) is 0.242. The molecule has 3 rings (SSSR count). The van der Waals surface area contributed by atoms with Gasteiger partial charge in [-0.3, -0.25) is 9.69 Å². The number of aliphatic carboxylic acids is 1. The van der Waals surface area contributed by atoms with Gasteiger partial charge in [0, 0.05) is 13.1 Å². The molecule has 0 radical (unpaired) electrons. The summed E-state index contributed by atoms with van der Waals surface area (Å²) in [6.45, 7) is 2.90. The van der Waals surface area contributed by atoms with Crippen molar-refractivity contribution in [2.45, 2.75) is 19.5 Å². The molecule has 1 saturated heterocycles. The van der Waals surface area contributed by atoms with Crippen LogP contribution in [0.3, 0.4) is 0 Å². The molecule has 110 valence electrons. The maximum atomic E-state index is 10.6. The van der Waals surface area contributed by atoms with Gasteiger partial charge in [0.05, 0.1) is 19.5 Å². The maximum absolute atomic E-state index is 10.6. The van der Waals surface area contributed by atoms with Crippen LogP contribution < -0.4 is 0 Å². The van der Waals surface area contributed by atoms with Crippen molar-refractivity contribution in [2.24, 2.45) is 5.92 Å². The fraction of sp³-hybridized carbons (Fsp3) is 0.429. The Morgan fingerprint density at radius 3 is 2.71 bits per heavy atom. The van der Waals surface area contributed by atoms with Crippen molar-refractivity contribution in [3.8, 4) is 0 Å². The van der Waals surface area contributed by atoms with Crippen molar-refractivity contribution < 1.29 is 9.90 Å². The van der Waals surface area contributed by atoms with E-state index in [0.29, 0.717) is 13.1 Å². The Morgan fingerprint density at radius 1 is 1.24 bits per heavy atom. The molecule has 1 aliphatic heterocycles. The molecule has 7 nitrogen and oxygen atoms in total. The highest BCUT2D eigenvalue weighted by molar-refractivity contribution is 5.67. The average molecular weight is 287 g/mol. The second kappa shape index (κ2) is 6.01. The first kappa shape index (κ1) is 13.7. The van der Waals surface area contributed by atoms with Crippen LogP contribution >= 0.6 is 0 Å². The molecule has 0 amide bonds. The standard InChI is InChI=1S/C14H17N5O2/c20-14(21)6-12-7-18(8-12)10-13-15-16-17-19(13)9-11-4-2-1-3-5-11/h1-5,12H,6-10H2,(H,20,21). The Labute approximate surface area is 122 Å². The van der Waals surface area contributed by atoms with Crippen molar-refractivity contribution >= 4 is 5.97 Å². The quantitative estimate of drug-likeness (QED) is 0.839. The van der Waals surface area contributed by atoms with Crippen LogP contribution in [0.4, 0.5) is 0 Å².